The van der Waals surface area contributed by atoms with Crippen molar-refractivity contribution in [3.8, 4) is 5.75 Å². The molecule has 0 saturated carbocycles. The van der Waals surface area contributed by atoms with Crippen molar-refractivity contribution in [3.63, 3.8) is 0 Å². The summed E-state index contributed by atoms with van der Waals surface area (Å²) < 4.78 is 11.0. The number of carbonyl (C=O) groups is 5. The van der Waals surface area contributed by atoms with E-state index in [1.54, 1.807) is 47.6 Å². The molecular weight excluding hydrogens is 604 g/mol. The number of unbranched alkanes of at least 4 members (excludes halogenated alkanes) is 1. The molecule has 0 aliphatic carbocycles. The minimum absolute atomic E-state index is 0.0714. The Bertz CT molecular complexity index is 1370. The van der Waals surface area contributed by atoms with E-state index in [0.29, 0.717) is 12.8 Å². The number of hydrogen-bond acceptors (Lipinski definition) is 8. The normalized spacial score (nSPS) is 13.4. The van der Waals surface area contributed by atoms with Gasteiger partial charge in [-0.05, 0) is 77.6 Å². The third-order valence-electron chi connectivity index (χ3n) is 6.74. The first-order valence-electron chi connectivity index (χ1n) is 15.8. The van der Waals surface area contributed by atoms with E-state index >= 15 is 0 Å². The highest BCUT2D eigenvalue weighted by Gasteiger charge is 2.38. The van der Waals surface area contributed by atoms with Crippen LogP contribution in [0, 0.1) is 0 Å². The molecule has 0 spiro atoms. The van der Waals surface area contributed by atoms with Gasteiger partial charge in [0.25, 0.3) is 0 Å². The van der Waals surface area contributed by atoms with Gasteiger partial charge in [-0.1, -0.05) is 55.8 Å². The highest BCUT2D eigenvalue weighted by Crippen LogP contribution is 2.27. The number of rotatable bonds is 15. The van der Waals surface area contributed by atoms with Crippen molar-refractivity contribution in [1.82, 2.24) is 15.5 Å². The summed E-state index contributed by atoms with van der Waals surface area (Å²) in [6, 6.07) is 11.2. The number of benzene rings is 2. The second-order valence-corrected chi connectivity index (χ2v) is 13.4. The summed E-state index contributed by atoms with van der Waals surface area (Å²) in [5.74, 6) is -2.88. The van der Waals surface area contributed by atoms with Gasteiger partial charge in [0.15, 0.2) is 0 Å². The van der Waals surface area contributed by atoms with Crippen molar-refractivity contribution in [1.29, 1.82) is 0 Å². The van der Waals surface area contributed by atoms with Crippen LogP contribution in [0.3, 0.4) is 0 Å². The molecule has 3 unspecified atom stereocenters. The second-order valence-electron chi connectivity index (χ2n) is 13.4. The molecule has 0 heterocycles. The van der Waals surface area contributed by atoms with Crippen LogP contribution in [0.2, 0.25) is 0 Å². The molecule has 258 valence electrons. The summed E-state index contributed by atoms with van der Waals surface area (Å²) in [5, 5.41) is 15.7. The van der Waals surface area contributed by atoms with Crippen LogP contribution in [-0.4, -0.2) is 69.6 Å². The number of nitrogens with one attached hydrogen (secondary N) is 2. The number of hydrogen-bond donors (Lipinski definition) is 4. The Balaban J connectivity index is 2.61. The van der Waals surface area contributed by atoms with Crippen molar-refractivity contribution in [3.05, 3.63) is 65.7 Å². The van der Waals surface area contributed by atoms with Crippen LogP contribution < -0.4 is 16.4 Å². The average Bonchev–Trinajstić information content (AvgIpc) is 2.95. The van der Waals surface area contributed by atoms with Gasteiger partial charge in [-0.15, -0.1) is 0 Å². The van der Waals surface area contributed by atoms with Gasteiger partial charge in [-0.3, -0.25) is 14.4 Å². The molecule has 0 aliphatic rings. The average molecular weight is 655 g/mol. The van der Waals surface area contributed by atoms with Crippen molar-refractivity contribution >= 4 is 29.8 Å². The fourth-order valence-corrected chi connectivity index (χ4v) is 4.72. The molecular formula is C35H50N4O8. The zero-order chi connectivity index (χ0) is 35.4. The fraction of sp³-hybridized carbons (Fsp3) is 0.514. The lowest BCUT2D eigenvalue weighted by Gasteiger charge is -2.35. The third kappa shape index (κ3) is 13.7. The Hall–Kier alpha value is -4.61. The molecule has 5 N–H and O–H groups in total. The van der Waals surface area contributed by atoms with Gasteiger partial charge in [-0.25, -0.2) is 9.59 Å². The first-order chi connectivity index (χ1) is 21.9. The lowest BCUT2D eigenvalue weighted by molar-refractivity contribution is -0.159. The molecule has 0 bridgehead atoms. The lowest BCUT2D eigenvalue weighted by Crippen LogP contribution is -2.55. The summed E-state index contributed by atoms with van der Waals surface area (Å²) in [6.07, 6.45) is -0.0328. The number of phenolic OH excluding ortho intramolecular Hbond substituents is 1. The first-order valence-corrected chi connectivity index (χ1v) is 15.8. The Labute approximate surface area is 277 Å². The van der Waals surface area contributed by atoms with E-state index in [0.717, 1.165) is 5.56 Å². The Morgan fingerprint density at radius 1 is 0.872 bits per heavy atom. The minimum Gasteiger partial charge on any atom is -0.508 e. The SMILES string of the molecule is CCCCN(C(=O)C(CCC(N)=O)NC(=O)OC(C)(C)C)C(C(=O)NC(Cc1ccccc1)C(=O)OC(C)(C)C)c1cccc(O)c1. The van der Waals surface area contributed by atoms with Gasteiger partial charge in [0.2, 0.25) is 17.7 Å². The quantitative estimate of drug-likeness (QED) is 0.206. The van der Waals surface area contributed by atoms with Crippen molar-refractivity contribution in [2.45, 2.75) is 110 Å². The number of nitrogens with two attached hydrogens (primary N) is 1. The Morgan fingerprint density at radius 2 is 1.51 bits per heavy atom. The van der Waals surface area contributed by atoms with Gasteiger partial charge in [0.05, 0.1) is 0 Å². The maximum absolute atomic E-state index is 14.4. The van der Waals surface area contributed by atoms with Crippen LogP contribution in [0.15, 0.2) is 54.6 Å². The molecule has 0 aromatic heterocycles. The van der Waals surface area contributed by atoms with Crippen LogP contribution in [0.4, 0.5) is 4.79 Å². The number of amides is 4. The van der Waals surface area contributed by atoms with Crippen LogP contribution in [0.25, 0.3) is 0 Å². The highest BCUT2D eigenvalue weighted by atomic mass is 16.6. The van der Waals surface area contributed by atoms with Gasteiger partial charge >= 0.3 is 12.1 Å². The molecule has 12 heteroatoms. The Kier molecular flexibility index (Phi) is 14.2. The summed E-state index contributed by atoms with van der Waals surface area (Å²) in [7, 11) is 0. The zero-order valence-electron chi connectivity index (χ0n) is 28.5. The fourth-order valence-electron chi connectivity index (χ4n) is 4.72. The van der Waals surface area contributed by atoms with E-state index in [1.165, 1.54) is 23.1 Å². The first kappa shape index (κ1) is 38.6. The predicted molar refractivity (Wildman–Crippen MR) is 177 cm³/mol. The molecule has 2 aromatic carbocycles. The molecule has 12 nitrogen and oxygen atoms in total. The van der Waals surface area contributed by atoms with E-state index in [1.807, 2.05) is 37.3 Å². The molecule has 0 aliphatic heterocycles. The molecule has 4 amide bonds. The van der Waals surface area contributed by atoms with Crippen LogP contribution >= 0.6 is 0 Å². The van der Waals surface area contributed by atoms with Gasteiger partial charge in [-0.2, -0.15) is 0 Å². The van der Waals surface area contributed by atoms with Crippen molar-refractivity contribution in [2.24, 2.45) is 5.73 Å². The van der Waals surface area contributed by atoms with Crippen LogP contribution in [-0.2, 0) is 35.1 Å². The zero-order valence-corrected chi connectivity index (χ0v) is 28.5. The van der Waals surface area contributed by atoms with Crippen molar-refractivity contribution in [2.75, 3.05) is 6.54 Å². The number of aromatic hydroxyl groups is 1. The minimum atomic E-state index is -1.35. The van der Waals surface area contributed by atoms with E-state index in [2.05, 4.69) is 10.6 Å². The Morgan fingerprint density at radius 3 is 2.06 bits per heavy atom. The number of esters is 1. The summed E-state index contributed by atoms with van der Waals surface area (Å²) >= 11 is 0. The van der Waals surface area contributed by atoms with Crippen LogP contribution in [0.5, 0.6) is 5.75 Å². The second kappa shape index (κ2) is 17.3. The maximum atomic E-state index is 14.4. The predicted octanol–water partition coefficient (Wildman–Crippen LogP) is 4.29. The largest absolute Gasteiger partial charge is 0.508 e. The molecule has 0 fully saturated rings. The standard InChI is InChI=1S/C35H50N4O8/c1-8-9-20-39(31(43)26(18-19-28(36)41)38-33(45)47-35(5,6)7)29(24-16-13-17-25(40)22-24)30(42)37-27(32(44)46-34(2,3)4)21-23-14-11-10-12-15-23/h10-17,22,26-27,29,40H,8-9,18-21H2,1-7H3,(H2,36,41)(H,37,42)(H,38,45). The summed E-state index contributed by atoms with van der Waals surface area (Å²) in [6.45, 7) is 12.1. The molecule has 0 saturated heterocycles. The van der Waals surface area contributed by atoms with Crippen LogP contribution in [0.1, 0.15) is 91.3 Å². The summed E-state index contributed by atoms with van der Waals surface area (Å²) in [4.78, 5) is 67.9. The van der Waals surface area contributed by atoms with E-state index in [4.69, 9.17) is 15.2 Å². The summed E-state index contributed by atoms with van der Waals surface area (Å²) in [5.41, 5.74) is 4.71. The maximum Gasteiger partial charge on any atom is 0.408 e. The number of primary amides is 1. The topological polar surface area (TPSA) is 177 Å². The number of nitrogens with zero attached hydrogens (tertiary/aromatic N) is 1. The molecule has 2 aromatic rings. The van der Waals surface area contributed by atoms with Gasteiger partial charge in [0.1, 0.15) is 35.1 Å². The molecule has 0 radical (unpaired) electrons. The molecule has 2 rings (SSSR count). The van der Waals surface area contributed by atoms with Gasteiger partial charge < -0.3 is 35.8 Å². The van der Waals surface area contributed by atoms with E-state index in [9.17, 15) is 29.1 Å². The number of phenols is 1. The van der Waals surface area contributed by atoms with Crippen molar-refractivity contribution < 1.29 is 38.6 Å². The van der Waals surface area contributed by atoms with E-state index < -0.39 is 59.1 Å². The highest BCUT2D eigenvalue weighted by molar-refractivity contribution is 5.94. The molecule has 47 heavy (non-hydrogen) atoms. The smallest absolute Gasteiger partial charge is 0.408 e. The molecule has 3 atom stereocenters. The van der Waals surface area contributed by atoms with E-state index in [-0.39, 0.29) is 37.1 Å². The number of alkyl carbamates (subject to hydrolysis) is 1. The monoisotopic (exact) mass is 654 g/mol. The lowest BCUT2D eigenvalue weighted by atomic mass is 9.99. The van der Waals surface area contributed by atoms with Gasteiger partial charge in [0, 0.05) is 19.4 Å². The number of ether oxygens (including phenoxy) is 2. The third-order valence-corrected chi connectivity index (χ3v) is 6.74. The number of carbonyl (C=O) groups excluding carboxylic acids is 5.